The van der Waals surface area contributed by atoms with E-state index in [1.54, 1.807) is 0 Å². The maximum atomic E-state index is 11.7. The number of aliphatic hydroxyl groups is 1. The molecule has 0 bridgehead atoms. The zero-order valence-electron chi connectivity index (χ0n) is 10.8. The van der Waals surface area contributed by atoms with E-state index in [0.29, 0.717) is 13.0 Å². The summed E-state index contributed by atoms with van der Waals surface area (Å²) in [6, 6.07) is 9.48. The lowest BCUT2D eigenvalue weighted by Gasteiger charge is -2.14. The first kappa shape index (κ1) is 14.7. The Kier molecular flexibility index (Phi) is 6.39. The van der Waals surface area contributed by atoms with Crippen molar-refractivity contribution in [3.05, 3.63) is 35.9 Å². The summed E-state index contributed by atoms with van der Waals surface area (Å²) in [6.07, 6.45) is 1.42. The van der Waals surface area contributed by atoms with Crippen LogP contribution in [0.4, 0.5) is 0 Å². The number of carbonyl (C=O) groups excluding carboxylic acids is 1. The van der Waals surface area contributed by atoms with Gasteiger partial charge in [-0.3, -0.25) is 4.79 Å². The fourth-order valence-corrected chi connectivity index (χ4v) is 1.57. The molecule has 0 saturated heterocycles. The Hall–Kier alpha value is -1.39. The highest BCUT2D eigenvalue weighted by Crippen LogP contribution is 2.04. The summed E-state index contributed by atoms with van der Waals surface area (Å²) in [4.78, 5) is 11.7. The van der Waals surface area contributed by atoms with Gasteiger partial charge in [-0.25, -0.2) is 0 Å². The summed E-state index contributed by atoms with van der Waals surface area (Å²) in [5, 5.41) is 11.6. The SMILES string of the molecule is CC(CO)CNC(=O)C(N)CCc1ccccc1. The van der Waals surface area contributed by atoms with Crippen molar-refractivity contribution in [1.29, 1.82) is 0 Å². The standard InChI is InChI=1S/C14H22N2O2/c1-11(10-17)9-16-14(18)13(15)8-7-12-5-3-2-4-6-12/h2-6,11,13,17H,7-10,15H2,1H3,(H,16,18). The van der Waals surface area contributed by atoms with Gasteiger partial charge < -0.3 is 16.2 Å². The first-order valence-corrected chi connectivity index (χ1v) is 6.31. The molecular weight excluding hydrogens is 228 g/mol. The van der Waals surface area contributed by atoms with Crippen LogP contribution < -0.4 is 11.1 Å². The third-order valence-corrected chi connectivity index (χ3v) is 2.86. The van der Waals surface area contributed by atoms with Crippen molar-refractivity contribution >= 4 is 5.91 Å². The quantitative estimate of drug-likeness (QED) is 0.666. The molecular formula is C14H22N2O2. The van der Waals surface area contributed by atoms with Crippen LogP contribution in [-0.2, 0) is 11.2 Å². The predicted octanol–water partition coefficient (Wildman–Crippen LogP) is 0.691. The molecule has 0 saturated carbocycles. The third-order valence-electron chi connectivity index (χ3n) is 2.86. The number of aryl methyl sites for hydroxylation is 1. The van der Waals surface area contributed by atoms with Gasteiger partial charge in [0.25, 0.3) is 0 Å². The average molecular weight is 250 g/mol. The van der Waals surface area contributed by atoms with E-state index in [1.165, 1.54) is 5.56 Å². The summed E-state index contributed by atoms with van der Waals surface area (Å²) in [5.74, 6) is -0.0819. The Labute approximate surface area is 108 Å². The number of nitrogens with one attached hydrogen (secondary N) is 1. The average Bonchev–Trinajstić information content (AvgIpc) is 2.42. The molecule has 4 heteroatoms. The minimum Gasteiger partial charge on any atom is -0.396 e. The second-order valence-corrected chi connectivity index (χ2v) is 4.66. The van der Waals surface area contributed by atoms with E-state index in [2.05, 4.69) is 5.32 Å². The highest BCUT2D eigenvalue weighted by atomic mass is 16.3. The summed E-state index contributed by atoms with van der Waals surface area (Å²) < 4.78 is 0. The number of amides is 1. The summed E-state index contributed by atoms with van der Waals surface area (Å²) in [5.41, 5.74) is 7.00. The second-order valence-electron chi connectivity index (χ2n) is 4.66. The maximum Gasteiger partial charge on any atom is 0.236 e. The Morgan fingerprint density at radius 3 is 2.67 bits per heavy atom. The molecule has 1 amide bonds. The van der Waals surface area contributed by atoms with Crippen LogP contribution in [0.1, 0.15) is 18.9 Å². The first-order chi connectivity index (χ1) is 8.63. The van der Waals surface area contributed by atoms with Gasteiger partial charge in [-0.2, -0.15) is 0 Å². The van der Waals surface area contributed by atoms with E-state index in [4.69, 9.17) is 10.8 Å². The zero-order chi connectivity index (χ0) is 13.4. The fourth-order valence-electron chi connectivity index (χ4n) is 1.57. The van der Waals surface area contributed by atoms with E-state index < -0.39 is 6.04 Å². The van der Waals surface area contributed by atoms with E-state index in [1.807, 2.05) is 37.3 Å². The molecule has 2 unspecified atom stereocenters. The number of hydrogen-bond acceptors (Lipinski definition) is 3. The van der Waals surface area contributed by atoms with Crippen LogP contribution >= 0.6 is 0 Å². The molecule has 4 N–H and O–H groups in total. The van der Waals surface area contributed by atoms with Crippen LogP contribution in [0.3, 0.4) is 0 Å². The molecule has 0 aliphatic heterocycles. The fraction of sp³-hybridized carbons (Fsp3) is 0.500. The van der Waals surface area contributed by atoms with Gasteiger partial charge in [0.1, 0.15) is 0 Å². The number of benzene rings is 1. The van der Waals surface area contributed by atoms with Gasteiger partial charge in [0.15, 0.2) is 0 Å². The topological polar surface area (TPSA) is 75.3 Å². The van der Waals surface area contributed by atoms with Crippen molar-refractivity contribution in [3.63, 3.8) is 0 Å². The second kappa shape index (κ2) is 7.84. The van der Waals surface area contributed by atoms with Crippen molar-refractivity contribution in [2.24, 2.45) is 11.7 Å². The lowest BCUT2D eigenvalue weighted by Crippen LogP contribution is -2.42. The molecule has 18 heavy (non-hydrogen) atoms. The molecule has 0 aliphatic carbocycles. The monoisotopic (exact) mass is 250 g/mol. The molecule has 0 radical (unpaired) electrons. The molecule has 4 nitrogen and oxygen atoms in total. The molecule has 2 atom stereocenters. The molecule has 0 fully saturated rings. The van der Waals surface area contributed by atoms with E-state index in [-0.39, 0.29) is 18.4 Å². The number of hydrogen-bond donors (Lipinski definition) is 3. The summed E-state index contributed by atoms with van der Waals surface area (Å²) >= 11 is 0. The van der Waals surface area contributed by atoms with Gasteiger partial charge in [-0.05, 0) is 24.3 Å². The minimum atomic E-state index is -0.490. The van der Waals surface area contributed by atoms with Gasteiger partial charge in [-0.1, -0.05) is 37.3 Å². The predicted molar refractivity (Wildman–Crippen MR) is 72.0 cm³/mol. The smallest absolute Gasteiger partial charge is 0.236 e. The highest BCUT2D eigenvalue weighted by molar-refractivity contribution is 5.81. The molecule has 0 aliphatic rings. The number of carbonyl (C=O) groups is 1. The molecule has 1 aromatic carbocycles. The Balaban J connectivity index is 2.27. The van der Waals surface area contributed by atoms with Crippen LogP contribution in [0.5, 0.6) is 0 Å². The molecule has 100 valence electrons. The van der Waals surface area contributed by atoms with E-state index in [9.17, 15) is 4.79 Å². The number of nitrogens with two attached hydrogens (primary N) is 1. The first-order valence-electron chi connectivity index (χ1n) is 6.31. The van der Waals surface area contributed by atoms with Crippen molar-refractivity contribution < 1.29 is 9.90 Å². The van der Waals surface area contributed by atoms with Crippen molar-refractivity contribution in [2.45, 2.75) is 25.8 Å². The van der Waals surface area contributed by atoms with Crippen molar-refractivity contribution in [3.8, 4) is 0 Å². The minimum absolute atomic E-state index is 0.0651. The van der Waals surface area contributed by atoms with Crippen LogP contribution in [0.2, 0.25) is 0 Å². The maximum absolute atomic E-state index is 11.7. The normalized spacial score (nSPS) is 13.9. The Bertz CT molecular complexity index is 354. The third kappa shape index (κ3) is 5.29. The van der Waals surface area contributed by atoms with Gasteiger partial charge in [0.2, 0.25) is 5.91 Å². The van der Waals surface area contributed by atoms with E-state index in [0.717, 1.165) is 6.42 Å². The number of aliphatic hydroxyl groups excluding tert-OH is 1. The summed E-state index contributed by atoms with van der Waals surface area (Å²) in [6.45, 7) is 2.41. The van der Waals surface area contributed by atoms with Gasteiger partial charge in [-0.15, -0.1) is 0 Å². The van der Waals surface area contributed by atoms with Crippen LogP contribution in [0, 0.1) is 5.92 Å². The Morgan fingerprint density at radius 1 is 1.39 bits per heavy atom. The van der Waals surface area contributed by atoms with Gasteiger partial charge in [0, 0.05) is 13.2 Å². The zero-order valence-corrected chi connectivity index (χ0v) is 10.8. The van der Waals surface area contributed by atoms with Crippen molar-refractivity contribution in [1.82, 2.24) is 5.32 Å². The molecule has 1 aromatic rings. The largest absolute Gasteiger partial charge is 0.396 e. The Morgan fingerprint density at radius 2 is 2.06 bits per heavy atom. The van der Waals surface area contributed by atoms with Crippen LogP contribution in [0.25, 0.3) is 0 Å². The molecule has 0 spiro atoms. The molecule has 1 rings (SSSR count). The van der Waals surface area contributed by atoms with E-state index >= 15 is 0 Å². The molecule has 0 heterocycles. The van der Waals surface area contributed by atoms with Crippen LogP contribution in [-0.4, -0.2) is 30.2 Å². The lowest BCUT2D eigenvalue weighted by atomic mass is 10.1. The highest BCUT2D eigenvalue weighted by Gasteiger charge is 2.13. The van der Waals surface area contributed by atoms with Gasteiger partial charge in [0.05, 0.1) is 6.04 Å². The van der Waals surface area contributed by atoms with Crippen molar-refractivity contribution in [2.75, 3.05) is 13.2 Å². The lowest BCUT2D eigenvalue weighted by molar-refractivity contribution is -0.122. The molecule has 0 aromatic heterocycles. The summed E-state index contributed by atoms with van der Waals surface area (Å²) in [7, 11) is 0. The number of rotatable bonds is 7. The van der Waals surface area contributed by atoms with Gasteiger partial charge >= 0.3 is 0 Å². The van der Waals surface area contributed by atoms with Crippen LogP contribution in [0.15, 0.2) is 30.3 Å².